The summed E-state index contributed by atoms with van der Waals surface area (Å²) in [5, 5.41) is 2.86. The van der Waals surface area contributed by atoms with E-state index < -0.39 is 12.0 Å². The maximum absolute atomic E-state index is 13.7. The van der Waals surface area contributed by atoms with Gasteiger partial charge in [-0.25, -0.2) is 9.78 Å². The van der Waals surface area contributed by atoms with E-state index in [0.29, 0.717) is 28.1 Å². The molecule has 0 aromatic carbocycles. The summed E-state index contributed by atoms with van der Waals surface area (Å²) in [5.41, 5.74) is 3.87. The van der Waals surface area contributed by atoms with Crippen molar-refractivity contribution in [1.82, 2.24) is 4.98 Å². The fourth-order valence-corrected chi connectivity index (χ4v) is 6.56. The van der Waals surface area contributed by atoms with Gasteiger partial charge in [0.1, 0.15) is 16.7 Å². The Hall–Kier alpha value is -2.72. The first kappa shape index (κ1) is 27.3. The predicted molar refractivity (Wildman–Crippen MR) is 151 cm³/mol. The van der Waals surface area contributed by atoms with Crippen molar-refractivity contribution in [1.29, 1.82) is 0 Å². The number of aryl methyl sites for hydroxylation is 1. The summed E-state index contributed by atoms with van der Waals surface area (Å²) < 4.78 is 5.09. The van der Waals surface area contributed by atoms with E-state index in [1.54, 1.807) is 16.6 Å². The van der Waals surface area contributed by atoms with Crippen LogP contribution < -0.4 is 10.2 Å². The van der Waals surface area contributed by atoms with Gasteiger partial charge in [-0.15, -0.1) is 23.1 Å². The van der Waals surface area contributed by atoms with Gasteiger partial charge in [0.25, 0.3) is 5.91 Å². The molecule has 3 heterocycles. The zero-order valence-corrected chi connectivity index (χ0v) is 23.6. The zero-order chi connectivity index (χ0) is 26.7. The van der Waals surface area contributed by atoms with E-state index in [4.69, 9.17) is 4.74 Å². The van der Waals surface area contributed by atoms with Crippen LogP contribution in [0.5, 0.6) is 0 Å². The largest absolute Gasteiger partial charge is 0.465 e. The lowest BCUT2D eigenvalue weighted by Crippen LogP contribution is -2.42. The van der Waals surface area contributed by atoms with Crippen LogP contribution in [0.1, 0.15) is 61.7 Å². The van der Waals surface area contributed by atoms with Crippen molar-refractivity contribution in [3.63, 3.8) is 0 Å². The molecule has 1 fully saturated rings. The summed E-state index contributed by atoms with van der Waals surface area (Å²) in [6.45, 7) is 8.05. The van der Waals surface area contributed by atoms with Crippen molar-refractivity contribution in [2.45, 2.75) is 65.5 Å². The van der Waals surface area contributed by atoms with Crippen LogP contribution in [-0.4, -0.2) is 53.3 Å². The third-order valence-corrected chi connectivity index (χ3v) is 8.87. The molecule has 4 rings (SSSR count). The fraction of sp³-hybridized carbons (Fsp3) is 0.519. The van der Waals surface area contributed by atoms with Gasteiger partial charge < -0.3 is 15.0 Å². The highest BCUT2D eigenvalue weighted by atomic mass is 32.2. The number of hydrogen-bond donors (Lipinski definition) is 1. The standard InChI is InChI=1S/C27H34N4O4S2/c1-15(2)31(26(33)18-8-6-16(3)7-9-18)21-11-22(37-23(21)27(34)35-5)19-10-17(4)24(28-12-19)30-25(32)20-13-36-14-29-20/h10-12,14-16,18,20H,6-9,13H2,1-5H3,(H,28,30,32)/t16-,18-,20?. The summed E-state index contributed by atoms with van der Waals surface area (Å²) in [7, 11) is 1.35. The number of pyridine rings is 1. The molecular weight excluding hydrogens is 508 g/mol. The Labute approximate surface area is 226 Å². The molecular formula is C27H34N4O4S2. The molecule has 1 unspecified atom stereocenters. The number of carbonyl (C=O) groups excluding carboxylic acids is 3. The second-order valence-electron chi connectivity index (χ2n) is 10.1. The van der Waals surface area contributed by atoms with Gasteiger partial charge in [0.05, 0.1) is 18.3 Å². The van der Waals surface area contributed by atoms with Crippen LogP contribution in [0.25, 0.3) is 10.4 Å². The highest BCUT2D eigenvalue weighted by Crippen LogP contribution is 2.40. The van der Waals surface area contributed by atoms with Crippen LogP contribution in [0.3, 0.4) is 0 Å². The number of aromatic nitrogens is 1. The third kappa shape index (κ3) is 6.06. The molecule has 1 aliphatic carbocycles. The molecule has 1 saturated carbocycles. The van der Waals surface area contributed by atoms with Crippen LogP contribution in [0.15, 0.2) is 23.3 Å². The molecule has 37 heavy (non-hydrogen) atoms. The van der Waals surface area contributed by atoms with E-state index in [-0.39, 0.29) is 23.8 Å². The topological polar surface area (TPSA) is 101 Å². The molecule has 1 N–H and O–H groups in total. The number of thiophene rings is 1. The molecule has 198 valence electrons. The molecule has 2 aliphatic rings. The molecule has 0 bridgehead atoms. The number of amides is 2. The second-order valence-corrected chi connectivity index (χ2v) is 12.0. The average molecular weight is 543 g/mol. The minimum Gasteiger partial charge on any atom is -0.465 e. The number of esters is 1. The first-order valence-electron chi connectivity index (χ1n) is 12.7. The molecule has 1 aliphatic heterocycles. The number of nitrogens with one attached hydrogen (secondary N) is 1. The van der Waals surface area contributed by atoms with E-state index in [9.17, 15) is 14.4 Å². The maximum atomic E-state index is 13.7. The fourth-order valence-electron chi connectivity index (χ4n) is 4.77. The maximum Gasteiger partial charge on any atom is 0.350 e. The molecule has 0 radical (unpaired) electrons. The average Bonchev–Trinajstić information content (AvgIpc) is 3.56. The van der Waals surface area contributed by atoms with Gasteiger partial charge in [0.15, 0.2) is 0 Å². The molecule has 0 spiro atoms. The van der Waals surface area contributed by atoms with Gasteiger partial charge in [0, 0.05) is 34.4 Å². The molecule has 10 heteroatoms. The van der Waals surface area contributed by atoms with Crippen molar-refractivity contribution in [3.8, 4) is 10.4 Å². The molecule has 8 nitrogen and oxygen atoms in total. The number of ether oxygens (including phenoxy) is 1. The third-order valence-electron chi connectivity index (χ3n) is 6.94. The quantitative estimate of drug-likeness (QED) is 0.460. The van der Waals surface area contributed by atoms with Crippen molar-refractivity contribution < 1.29 is 19.1 Å². The summed E-state index contributed by atoms with van der Waals surface area (Å²) in [6, 6.07) is 3.29. The van der Waals surface area contributed by atoms with Crippen LogP contribution >= 0.6 is 23.1 Å². The predicted octanol–water partition coefficient (Wildman–Crippen LogP) is 5.56. The Morgan fingerprint density at radius 1 is 1.16 bits per heavy atom. The number of aliphatic imine (C=N–C) groups is 1. The highest BCUT2D eigenvalue weighted by molar-refractivity contribution is 8.12. The van der Waals surface area contributed by atoms with E-state index in [1.165, 1.54) is 30.2 Å². The van der Waals surface area contributed by atoms with E-state index in [1.807, 2.05) is 32.9 Å². The molecule has 2 amide bonds. The Balaban J connectivity index is 1.64. The minimum absolute atomic E-state index is 0.0399. The van der Waals surface area contributed by atoms with Crippen LogP contribution in [0, 0.1) is 18.8 Å². The number of thioether (sulfide) groups is 1. The molecule has 2 aromatic heterocycles. The summed E-state index contributed by atoms with van der Waals surface area (Å²) >= 11 is 2.80. The second kappa shape index (κ2) is 11.8. The lowest BCUT2D eigenvalue weighted by molar-refractivity contribution is -0.124. The van der Waals surface area contributed by atoms with Crippen molar-refractivity contribution in [3.05, 3.63) is 28.8 Å². The van der Waals surface area contributed by atoms with Crippen LogP contribution in [0.4, 0.5) is 11.5 Å². The number of nitrogens with zero attached hydrogens (tertiary/aromatic N) is 3. The summed E-state index contributed by atoms with van der Waals surface area (Å²) in [5.74, 6) is 1.13. The van der Waals surface area contributed by atoms with Gasteiger partial charge >= 0.3 is 5.97 Å². The van der Waals surface area contributed by atoms with Crippen molar-refractivity contribution >= 4 is 57.9 Å². The summed E-state index contributed by atoms with van der Waals surface area (Å²) in [6.07, 6.45) is 5.50. The zero-order valence-electron chi connectivity index (χ0n) is 21.9. The number of hydrogen-bond acceptors (Lipinski definition) is 8. The normalized spacial score (nSPS) is 21.2. The number of methoxy groups -OCH3 is 1. The summed E-state index contributed by atoms with van der Waals surface area (Å²) in [4.78, 5) is 50.6. The number of rotatable bonds is 7. The lowest BCUT2D eigenvalue weighted by atomic mass is 9.82. The Morgan fingerprint density at radius 3 is 2.49 bits per heavy atom. The van der Waals surface area contributed by atoms with Crippen LogP contribution in [0.2, 0.25) is 0 Å². The van der Waals surface area contributed by atoms with Crippen LogP contribution in [-0.2, 0) is 14.3 Å². The first-order chi connectivity index (χ1) is 17.7. The van der Waals surface area contributed by atoms with Crippen molar-refractivity contribution in [2.24, 2.45) is 16.8 Å². The first-order valence-corrected chi connectivity index (χ1v) is 14.5. The Kier molecular flexibility index (Phi) is 8.69. The van der Waals surface area contributed by atoms with Gasteiger partial charge in [-0.3, -0.25) is 14.6 Å². The van der Waals surface area contributed by atoms with E-state index >= 15 is 0 Å². The van der Waals surface area contributed by atoms with E-state index in [2.05, 4.69) is 22.2 Å². The van der Waals surface area contributed by atoms with Gasteiger partial charge in [-0.05, 0) is 70.1 Å². The number of carbonyl (C=O) groups is 3. The smallest absolute Gasteiger partial charge is 0.350 e. The SMILES string of the molecule is COC(=O)c1sc(-c2cnc(NC(=O)C3CSC=N3)c(C)c2)cc1N(C(=O)[C@H]1CC[C@H](C)CC1)C(C)C. The Morgan fingerprint density at radius 2 is 1.89 bits per heavy atom. The van der Waals surface area contributed by atoms with Gasteiger partial charge in [0.2, 0.25) is 5.91 Å². The highest BCUT2D eigenvalue weighted by Gasteiger charge is 2.34. The van der Waals surface area contributed by atoms with Crippen molar-refractivity contribution in [2.75, 3.05) is 23.1 Å². The molecule has 2 aromatic rings. The minimum atomic E-state index is -0.467. The molecule has 0 saturated heterocycles. The number of anilines is 2. The Bertz CT molecular complexity index is 1200. The van der Waals surface area contributed by atoms with Gasteiger partial charge in [-0.2, -0.15) is 0 Å². The van der Waals surface area contributed by atoms with E-state index in [0.717, 1.165) is 41.7 Å². The lowest BCUT2D eigenvalue weighted by Gasteiger charge is -2.33. The monoisotopic (exact) mass is 542 g/mol. The molecule has 1 atom stereocenters. The van der Waals surface area contributed by atoms with Gasteiger partial charge in [-0.1, -0.05) is 6.92 Å².